The number of hydrogen-bond donors (Lipinski definition) is 1. The van der Waals surface area contributed by atoms with Crippen molar-refractivity contribution in [1.82, 2.24) is 4.37 Å². The van der Waals surface area contributed by atoms with Gasteiger partial charge < -0.3 is 9.73 Å². The van der Waals surface area contributed by atoms with Gasteiger partial charge in [-0.25, -0.2) is 0 Å². The van der Waals surface area contributed by atoms with E-state index in [0.29, 0.717) is 10.0 Å². The van der Waals surface area contributed by atoms with Gasteiger partial charge in [0.15, 0.2) is 0 Å². The highest BCUT2D eigenvalue weighted by atomic mass is 35.5. The van der Waals surface area contributed by atoms with Crippen molar-refractivity contribution in [1.29, 1.82) is 0 Å². The molecule has 0 radical (unpaired) electrons. The number of furan rings is 1. The number of amides is 1. The van der Waals surface area contributed by atoms with Crippen LogP contribution in [-0.2, 0) is 17.6 Å². The lowest BCUT2D eigenvalue weighted by Crippen LogP contribution is -2.13. The number of carbonyl (C=O) groups is 1. The number of nitrogens with one attached hydrogen (secondary N) is 1. The van der Waals surface area contributed by atoms with Gasteiger partial charge in [-0.05, 0) is 47.6 Å². The van der Waals surface area contributed by atoms with Crippen molar-refractivity contribution >= 4 is 45.0 Å². The number of halogens is 1. The number of aryl methyl sites for hydroxylation is 1. The Bertz CT molecular complexity index is 921. The SMILES string of the molecule is Cc1nsc(NC(=O)Cc2ccc3oc(CC(C)(C)C)cc3c2)c1Cl. The fraction of sp³-hybridized carbons (Fsp3) is 0.368. The summed E-state index contributed by atoms with van der Waals surface area (Å²) in [6.07, 6.45) is 1.16. The molecule has 3 rings (SSSR count). The first-order chi connectivity index (χ1) is 11.7. The molecule has 0 fully saturated rings. The highest BCUT2D eigenvalue weighted by Gasteiger charge is 2.16. The Morgan fingerprint density at radius 3 is 2.72 bits per heavy atom. The molecule has 2 aromatic heterocycles. The molecule has 0 spiro atoms. The highest BCUT2D eigenvalue weighted by Crippen LogP contribution is 2.30. The predicted octanol–water partition coefficient (Wildman–Crippen LogP) is 5.62. The molecule has 0 bridgehead atoms. The zero-order valence-electron chi connectivity index (χ0n) is 14.8. The molecule has 6 heteroatoms. The van der Waals surface area contributed by atoms with Crippen LogP contribution in [0.5, 0.6) is 0 Å². The van der Waals surface area contributed by atoms with Gasteiger partial charge in [0, 0.05) is 11.8 Å². The lowest BCUT2D eigenvalue weighted by atomic mass is 9.91. The van der Waals surface area contributed by atoms with E-state index in [1.54, 1.807) is 0 Å². The zero-order chi connectivity index (χ0) is 18.2. The van der Waals surface area contributed by atoms with E-state index in [4.69, 9.17) is 16.0 Å². The maximum atomic E-state index is 12.3. The number of hydrogen-bond acceptors (Lipinski definition) is 4. The van der Waals surface area contributed by atoms with Gasteiger partial charge in [-0.1, -0.05) is 38.4 Å². The number of fused-ring (bicyclic) bond motifs is 1. The number of carbonyl (C=O) groups excluding carboxylic acids is 1. The number of aromatic nitrogens is 1. The second-order valence-electron chi connectivity index (χ2n) is 7.46. The second-order valence-corrected chi connectivity index (χ2v) is 8.61. The molecule has 0 atom stereocenters. The Kier molecular flexibility index (Phi) is 4.89. The maximum Gasteiger partial charge on any atom is 0.229 e. The topological polar surface area (TPSA) is 55.1 Å². The molecule has 25 heavy (non-hydrogen) atoms. The Morgan fingerprint density at radius 1 is 1.32 bits per heavy atom. The molecule has 0 aliphatic heterocycles. The maximum absolute atomic E-state index is 12.3. The minimum Gasteiger partial charge on any atom is -0.461 e. The van der Waals surface area contributed by atoms with Gasteiger partial charge in [0.25, 0.3) is 0 Å². The summed E-state index contributed by atoms with van der Waals surface area (Å²) in [6.45, 7) is 8.36. The number of rotatable bonds is 4. The van der Waals surface area contributed by atoms with Crippen molar-refractivity contribution in [2.75, 3.05) is 5.32 Å². The zero-order valence-corrected chi connectivity index (χ0v) is 16.3. The third-order valence-electron chi connectivity index (χ3n) is 3.74. The molecule has 0 aliphatic rings. The van der Waals surface area contributed by atoms with Crippen LogP contribution in [0.1, 0.15) is 37.8 Å². The van der Waals surface area contributed by atoms with E-state index < -0.39 is 0 Å². The highest BCUT2D eigenvalue weighted by molar-refractivity contribution is 7.11. The average molecular weight is 377 g/mol. The first-order valence-corrected chi connectivity index (χ1v) is 9.29. The lowest BCUT2D eigenvalue weighted by Gasteiger charge is -2.15. The van der Waals surface area contributed by atoms with Crippen molar-refractivity contribution < 1.29 is 9.21 Å². The number of benzene rings is 1. The van der Waals surface area contributed by atoms with E-state index in [0.717, 1.165) is 34.4 Å². The van der Waals surface area contributed by atoms with Crippen LogP contribution in [0, 0.1) is 12.3 Å². The summed E-state index contributed by atoms with van der Waals surface area (Å²) < 4.78 is 10.0. The standard InChI is InChI=1S/C19H21ClN2O2S/c1-11-17(20)18(25-22-11)21-16(23)8-12-5-6-15-13(7-12)9-14(24-15)10-19(2,3)4/h5-7,9H,8,10H2,1-4H3,(H,21,23). The fourth-order valence-electron chi connectivity index (χ4n) is 2.66. The smallest absolute Gasteiger partial charge is 0.229 e. The number of nitrogens with zero attached hydrogens (tertiary/aromatic N) is 1. The average Bonchev–Trinajstić information content (AvgIpc) is 3.02. The first-order valence-electron chi connectivity index (χ1n) is 8.14. The van der Waals surface area contributed by atoms with Crippen LogP contribution in [-0.4, -0.2) is 10.3 Å². The summed E-state index contributed by atoms with van der Waals surface area (Å²) in [7, 11) is 0. The Hall–Kier alpha value is -1.85. The van der Waals surface area contributed by atoms with E-state index in [1.165, 1.54) is 11.5 Å². The molecule has 0 unspecified atom stereocenters. The first kappa shape index (κ1) is 18.0. The van der Waals surface area contributed by atoms with Crippen LogP contribution in [0.4, 0.5) is 5.00 Å². The van der Waals surface area contributed by atoms with Crippen molar-refractivity contribution in [3.05, 3.63) is 46.3 Å². The van der Waals surface area contributed by atoms with Crippen LogP contribution in [0.2, 0.25) is 5.02 Å². The molecule has 4 nitrogen and oxygen atoms in total. The van der Waals surface area contributed by atoms with Gasteiger partial charge in [0.2, 0.25) is 5.91 Å². The monoisotopic (exact) mass is 376 g/mol. The van der Waals surface area contributed by atoms with E-state index in [2.05, 4.69) is 36.5 Å². The third kappa shape index (κ3) is 4.41. The van der Waals surface area contributed by atoms with Crippen molar-refractivity contribution in [2.24, 2.45) is 5.41 Å². The van der Waals surface area contributed by atoms with Crippen molar-refractivity contribution in [3.8, 4) is 0 Å². The quantitative estimate of drug-likeness (QED) is 0.642. The molecule has 3 aromatic rings. The van der Waals surface area contributed by atoms with Gasteiger partial charge in [-0.3, -0.25) is 4.79 Å². The van der Waals surface area contributed by atoms with Crippen LogP contribution < -0.4 is 5.32 Å². The second kappa shape index (κ2) is 6.81. The summed E-state index contributed by atoms with van der Waals surface area (Å²) in [5, 5.41) is 4.96. The molecule has 1 N–H and O–H groups in total. The molecule has 1 amide bonds. The lowest BCUT2D eigenvalue weighted by molar-refractivity contribution is -0.115. The van der Waals surface area contributed by atoms with Gasteiger partial charge in [-0.2, -0.15) is 4.37 Å². The van der Waals surface area contributed by atoms with Crippen LogP contribution in [0.25, 0.3) is 11.0 Å². The van der Waals surface area contributed by atoms with Gasteiger partial charge in [-0.15, -0.1) is 0 Å². The molecule has 132 valence electrons. The molecule has 0 saturated heterocycles. The molecule has 1 aromatic carbocycles. The molecule has 0 aliphatic carbocycles. The normalized spacial score (nSPS) is 11.9. The summed E-state index contributed by atoms with van der Waals surface area (Å²) in [5.41, 5.74) is 2.69. The van der Waals surface area contributed by atoms with Crippen LogP contribution >= 0.6 is 23.1 Å². The summed E-state index contributed by atoms with van der Waals surface area (Å²) in [6, 6.07) is 7.91. The molecule has 0 saturated carbocycles. The molecular weight excluding hydrogens is 356 g/mol. The van der Waals surface area contributed by atoms with E-state index in [9.17, 15) is 4.79 Å². The van der Waals surface area contributed by atoms with E-state index in [-0.39, 0.29) is 17.7 Å². The largest absolute Gasteiger partial charge is 0.461 e. The van der Waals surface area contributed by atoms with Gasteiger partial charge >= 0.3 is 0 Å². The third-order valence-corrected chi connectivity index (χ3v) is 5.17. The van der Waals surface area contributed by atoms with Gasteiger partial charge in [0.05, 0.1) is 17.1 Å². The number of anilines is 1. The minimum absolute atomic E-state index is 0.108. The minimum atomic E-state index is -0.108. The Morgan fingerprint density at radius 2 is 2.08 bits per heavy atom. The van der Waals surface area contributed by atoms with Crippen molar-refractivity contribution in [2.45, 2.75) is 40.5 Å². The van der Waals surface area contributed by atoms with E-state index >= 15 is 0 Å². The molecule has 2 heterocycles. The van der Waals surface area contributed by atoms with Crippen LogP contribution in [0.15, 0.2) is 28.7 Å². The predicted molar refractivity (Wildman–Crippen MR) is 104 cm³/mol. The molecular formula is C19H21ClN2O2S. The Labute approximate surface area is 156 Å². The Balaban J connectivity index is 1.73. The fourth-order valence-corrected chi connectivity index (χ4v) is 3.61. The van der Waals surface area contributed by atoms with Crippen molar-refractivity contribution in [3.63, 3.8) is 0 Å². The summed E-state index contributed by atoms with van der Waals surface area (Å²) >= 11 is 7.31. The van der Waals surface area contributed by atoms with Gasteiger partial charge in [0.1, 0.15) is 16.3 Å². The summed E-state index contributed by atoms with van der Waals surface area (Å²) in [4.78, 5) is 12.3. The summed E-state index contributed by atoms with van der Waals surface area (Å²) in [5.74, 6) is 0.860. The van der Waals surface area contributed by atoms with Crippen LogP contribution in [0.3, 0.4) is 0 Å². The van der Waals surface area contributed by atoms with E-state index in [1.807, 2.05) is 25.1 Å².